The fraction of sp³-hybridized carbons (Fsp3) is 0.0556. The molecule has 0 radical (unpaired) electrons. The van der Waals surface area contributed by atoms with E-state index >= 15 is 0 Å². The van der Waals surface area contributed by atoms with E-state index in [1.807, 2.05) is 13.0 Å². The van der Waals surface area contributed by atoms with E-state index in [0.29, 0.717) is 17.0 Å². The summed E-state index contributed by atoms with van der Waals surface area (Å²) >= 11 is 0. The number of H-pyrrole nitrogens is 1. The molecule has 26 heavy (non-hydrogen) atoms. The van der Waals surface area contributed by atoms with Crippen LogP contribution in [0.25, 0.3) is 16.7 Å². The first-order valence-electron chi connectivity index (χ1n) is 7.90. The van der Waals surface area contributed by atoms with Crippen LogP contribution in [0.1, 0.15) is 16.2 Å². The van der Waals surface area contributed by atoms with E-state index in [-0.39, 0.29) is 11.3 Å². The lowest BCUT2D eigenvalue weighted by atomic mass is 10.2. The highest BCUT2D eigenvalue weighted by Gasteiger charge is 2.12. The number of amides is 1. The molecule has 0 fully saturated rings. The lowest BCUT2D eigenvalue weighted by Gasteiger charge is -2.07. The first-order chi connectivity index (χ1) is 12.6. The molecule has 2 N–H and O–H groups in total. The topological polar surface area (TPSA) is 106 Å². The number of hydrogen-bond acceptors (Lipinski definition) is 5. The Hall–Kier alpha value is -3.81. The lowest BCUT2D eigenvalue weighted by Crippen LogP contribution is -2.24. The third-order valence-electron chi connectivity index (χ3n) is 3.89. The van der Waals surface area contributed by atoms with Crippen LogP contribution in [0.4, 0.5) is 5.69 Å². The van der Waals surface area contributed by atoms with Gasteiger partial charge in [0, 0.05) is 17.1 Å². The number of aromatic nitrogens is 5. The summed E-state index contributed by atoms with van der Waals surface area (Å²) in [5.41, 5.74) is 2.36. The molecule has 128 valence electrons. The molecule has 0 saturated heterocycles. The summed E-state index contributed by atoms with van der Waals surface area (Å²) in [4.78, 5) is 28.8. The molecule has 4 aromatic rings. The zero-order valence-corrected chi connectivity index (χ0v) is 13.8. The molecule has 0 spiro atoms. The van der Waals surface area contributed by atoms with Gasteiger partial charge in [0.1, 0.15) is 5.69 Å². The summed E-state index contributed by atoms with van der Waals surface area (Å²) in [6, 6.07) is 13.4. The Morgan fingerprint density at radius 2 is 1.96 bits per heavy atom. The van der Waals surface area contributed by atoms with Crippen molar-refractivity contribution >= 4 is 22.6 Å². The van der Waals surface area contributed by atoms with Gasteiger partial charge in [0.05, 0.1) is 17.6 Å². The van der Waals surface area contributed by atoms with Crippen LogP contribution in [-0.2, 0) is 0 Å². The standard InChI is InChI=1S/C18H14N6O2/c1-11-14-9-12(10-19-17(14)22-21-11)20-18(26)15-7-8-16(25)24(23-15)13-5-3-2-4-6-13/h2-10H,1H3,(H,20,26)(H,19,21,22). The average molecular weight is 346 g/mol. The van der Waals surface area contributed by atoms with Crippen molar-refractivity contribution < 1.29 is 4.79 Å². The maximum atomic E-state index is 12.5. The molecule has 3 heterocycles. The van der Waals surface area contributed by atoms with Crippen molar-refractivity contribution in [2.24, 2.45) is 0 Å². The highest BCUT2D eigenvalue weighted by Crippen LogP contribution is 2.18. The largest absolute Gasteiger partial charge is 0.319 e. The van der Waals surface area contributed by atoms with Gasteiger partial charge in [-0.15, -0.1) is 0 Å². The number of nitrogens with zero attached hydrogens (tertiary/aromatic N) is 4. The van der Waals surface area contributed by atoms with Crippen LogP contribution in [0.15, 0.2) is 59.5 Å². The zero-order chi connectivity index (χ0) is 18.1. The highest BCUT2D eigenvalue weighted by molar-refractivity contribution is 6.03. The number of carbonyl (C=O) groups is 1. The summed E-state index contributed by atoms with van der Waals surface area (Å²) in [6.07, 6.45) is 1.52. The van der Waals surface area contributed by atoms with Gasteiger partial charge in [0.2, 0.25) is 0 Å². The molecule has 3 aromatic heterocycles. The monoisotopic (exact) mass is 346 g/mol. The Morgan fingerprint density at radius 3 is 2.77 bits per heavy atom. The average Bonchev–Trinajstić information content (AvgIpc) is 3.03. The van der Waals surface area contributed by atoms with Crippen LogP contribution < -0.4 is 10.9 Å². The smallest absolute Gasteiger partial charge is 0.276 e. The number of rotatable bonds is 3. The van der Waals surface area contributed by atoms with E-state index < -0.39 is 5.91 Å². The summed E-state index contributed by atoms with van der Waals surface area (Å²) < 4.78 is 1.19. The van der Waals surface area contributed by atoms with Gasteiger partial charge < -0.3 is 5.32 Å². The van der Waals surface area contributed by atoms with Crippen LogP contribution in [0.2, 0.25) is 0 Å². The number of para-hydroxylation sites is 1. The minimum absolute atomic E-state index is 0.123. The van der Waals surface area contributed by atoms with Crippen LogP contribution in [0, 0.1) is 6.92 Å². The lowest BCUT2D eigenvalue weighted by molar-refractivity contribution is 0.102. The molecule has 0 unspecified atom stereocenters. The van der Waals surface area contributed by atoms with Gasteiger partial charge in [-0.2, -0.15) is 14.9 Å². The van der Waals surface area contributed by atoms with Crippen LogP contribution in [0.3, 0.4) is 0 Å². The van der Waals surface area contributed by atoms with E-state index in [4.69, 9.17) is 0 Å². The first kappa shape index (κ1) is 15.7. The third-order valence-corrected chi connectivity index (χ3v) is 3.89. The Bertz CT molecular complexity index is 1160. The second-order valence-corrected chi connectivity index (χ2v) is 5.70. The summed E-state index contributed by atoms with van der Waals surface area (Å²) in [5, 5.41) is 14.6. The maximum absolute atomic E-state index is 12.5. The quantitative estimate of drug-likeness (QED) is 0.591. The maximum Gasteiger partial charge on any atom is 0.276 e. The fourth-order valence-corrected chi connectivity index (χ4v) is 2.57. The summed E-state index contributed by atoms with van der Waals surface area (Å²) in [5.74, 6) is -0.433. The number of pyridine rings is 1. The van der Waals surface area contributed by atoms with Gasteiger partial charge in [-0.05, 0) is 31.2 Å². The predicted octanol–water partition coefficient (Wildman–Crippen LogP) is 2.06. The highest BCUT2D eigenvalue weighted by atomic mass is 16.2. The van der Waals surface area contributed by atoms with E-state index in [2.05, 4.69) is 25.6 Å². The summed E-state index contributed by atoms with van der Waals surface area (Å²) in [6.45, 7) is 1.87. The molecule has 0 aliphatic rings. The van der Waals surface area contributed by atoms with Crippen LogP contribution in [0.5, 0.6) is 0 Å². The summed E-state index contributed by atoms with van der Waals surface area (Å²) in [7, 11) is 0. The third kappa shape index (κ3) is 2.84. The van der Waals surface area contributed by atoms with E-state index in [9.17, 15) is 9.59 Å². The van der Waals surface area contributed by atoms with Crippen LogP contribution >= 0.6 is 0 Å². The molecule has 0 saturated carbocycles. The van der Waals surface area contributed by atoms with Crippen molar-refractivity contribution in [1.29, 1.82) is 0 Å². The van der Waals surface area contributed by atoms with Gasteiger partial charge in [0.15, 0.2) is 5.65 Å². The van der Waals surface area contributed by atoms with E-state index in [0.717, 1.165) is 11.1 Å². The van der Waals surface area contributed by atoms with Gasteiger partial charge >= 0.3 is 0 Å². The van der Waals surface area contributed by atoms with Crippen molar-refractivity contribution in [2.75, 3.05) is 5.32 Å². The number of aryl methyl sites for hydroxylation is 1. The molecular weight excluding hydrogens is 332 g/mol. The van der Waals surface area contributed by atoms with Crippen molar-refractivity contribution in [2.45, 2.75) is 6.92 Å². The normalized spacial score (nSPS) is 10.8. The van der Waals surface area contributed by atoms with Gasteiger partial charge in [-0.3, -0.25) is 14.7 Å². The minimum Gasteiger partial charge on any atom is -0.319 e. The number of benzene rings is 1. The number of nitrogens with one attached hydrogen (secondary N) is 2. The number of aromatic amines is 1. The zero-order valence-electron chi connectivity index (χ0n) is 13.8. The van der Waals surface area contributed by atoms with Crippen molar-refractivity contribution in [1.82, 2.24) is 25.0 Å². The molecule has 0 atom stereocenters. The Morgan fingerprint density at radius 1 is 1.15 bits per heavy atom. The Balaban J connectivity index is 1.65. The Labute approximate surface area is 147 Å². The van der Waals surface area contributed by atoms with Crippen LogP contribution in [-0.4, -0.2) is 30.9 Å². The van der Waals surface area contributed by atoms with Crippen molar-refractivity contribution in [3.05, 3.63) is 76.5 Å². The van der Waals surface area contributed by atoms with Crippen molar-refractivity contribution in [3.63, 3.8) is 0 Å². The molecule has 1 aromatic carbocycles. The van der Waals surface area contributed by atoms with Gasteiger partial charge in [0.25, 0.3) is 11.5 Å². The number of anilines is 1. The fourth-order valence-electron chi connectivity index (χ4n) is 2.57. The second-order valence-electron chi connectivity index (χ2n) is 5.70. The van der Waals surface area contributed by atoms with E-state index in [1.54, 1.807) is 30.3 Å². The number of carbonyl (C=O) groups excluding carboxylic acids is 1. The Kier molecular flexibility index (Phi) is 3.77. The second kappa shape index (κ2) is 6.25. The number of fused-ring (bicyclic) bond motifs is 1. The predicted molar refractivity (Wildman–Crippen MR) is 96.4 cm³/mol. The molecule has 0 aliphatic carbocycles. The molecule has 8 nitrogen and oxygen atoms in total. The SMILES string of the molecule is Cc1[nH]nc2ncc(NC(=O)c3ccc(=O)n(-c4ccccc4)n3)cc12. The molecule has 0 bridgehead atoms. The van der Waals surface area contributed by atoms with Crippen molar-refractivity contribution in [3.8, 4) is 5.69 Å². The molecular formula is C18H14N6O2. The molecule has 1 amide bonds. The molecule has 8 heteroatoms. The molecule has 4 rings (SSSR count). The van der Waals surface area contributed by atoms with Gasteiger partial charge in [-0.25, -0.2) is 4.98 Å². The molecule has 0 aliphatic heterocycles. The number of hydrogen-bond donors (Lipinski definition) is 2. The first-order valence-corrected chi connectivity index (χ1v) is 7.90. The van der Waals surface area contributed by atoms with Gasteiger partial charge in [-0.1, -0.05) is 18.2 Å². The minimum atomic E-state index is -0.433. The van der Waals surface area contributed by atoms with E-state index in [1.165, 1.54) is 23.0 Å².